The van der Waals surface area contributed by atoms with Crippen molar-refractivity contribution in [1.82, 2.24) is 5.32 Å². The Kier molecular flexibility index (Phi) is 10.3. The largest absolute Gasteiger partial charge is 0.508 e. The number of esters is 2. The van der Waals surface area contributed by atoms with Gasteiger partial charge in [-0.25, -0.2) is 0 Å². The van der Waals surface area contributed by atoms with Crippen molar-refractivity contribution in [2.75, 3.05) is 24.7 Å². The molecular formula is C18H26N2O6S. The van der Waals surface area contributed by atoms with Crippen molar-refractivity contribution < 1.29 is 29.0 Å². The fourth-order valence-corrected chi connectivity index (χ4v) is 3.10. The van der Waals surface area contributed by atoms with Crippen molar-refractivity contribution in [3.63, 3.8) is 0 Å². The average molecular weight is 398 g/mol. The summed E-state index contributed by atoms with van der Waals surface area (Å²) in [5.41, 5.74) is 6.77. The fraction of sp³-hybridized carbons (Fsp3) is 0.500. The van der Waals surface area contributed by atoms with E-state index in [9.17, 15) is 19.5 Å². The highest BCUT2D eigenvalue weighted by Gasteiger charge is 2.17. The van der Waals surface area contributed by atoms with Gasteiger partial charge >= 0.3 is 11.9 Å². The Bertz CT molecular complexity index is 640. The number of hydrogen-bond donors (Lipinski definition) is 3. The number of phenolic OH excluding ortho intramolecular Hbond substituents is 1. The van der Waals surface area contributed by atoms with Crippen molar-refractivity contribution in [2.24, 2.45) is 5.73 Å². The minimum absolute atomic E-state index is 0.0345. The molecule has 2 atom stereocenters. The molecule has 0 saturated carbocycles. The fourth-order valence-electron chi connectivity index (χ4n) is 2.14. The molecule has 0 spiro atoms. The van der Waals surface area contributed by atoms with Crippen LogP contribution in [0.2, 0.25) is 0 Å². The summed E-state index contributed by atoms with van der Waals surface area (Å²) in [7, 11) is 0. The van der Waals surface area contributed by atoms with E-state index in [0.29, 0.717) is 24.5 Å². The van der Waals surface area contributed by atoms with Crippen LogP contribution in [0.4, 0.5) is 0 Å². The second-order valence-corrected chi connectivity index (χ2v) is 6.96. The molecule has 9 heteroatoms. The predicted molar refractivity (Wildman–Crippen MR) is 102 cm³/mol. The van der Waals surface area contributed by atoms with Gasteiger partial charge in [0.1, 0.15) is 18.5 Å². The summed E-state index contributed by atoms with van der Waals surface area (Å²) in [6.07, 6.45) is -0.00545. The highest BCUT2D eigenvalue weighted by atomic mass is 32.2. The van der Waals surface area contributed by atoms with Crippen molar-refractivity contribution in [2.45, 2.75) is 32.4 Å². The molecule has 0 aliphatic rings. The molecular weight excluding hydrogens is 372 g/mol. The third-order valence-electron chi connectivity index (χ3n) is 3.37. The van der Waals surface area contributed by atoms with Crippen molar-refractivity contribution in [3.05, 3.63) is 29.8 Å². The van der Waals surface area contributed by atoms with Crippen LogP contribution in [0, 0.1) is 0 Å². The summed E-state index contributed by atoms with van der Waals surface area (Å²) in [4.78, 5) is 34.0. The molecule has 0 radical (unpaired) electrons. The van der Waals surface area contributed by atoms with E-state index in [2.05, 4.69) is 5.32 Å². The van der Waals surface area contributed by atoms with E-state index >= 15 is 0 Å². The Morgan fingerprint density at radius 3 is 2.59 bits per heavy atom. The summed E-state index contributed by atoms with van der Waals surface area (Å²) in [6, 6.07) is 6.11. The van der Waals surface area contributed by atoms with Gasteiger partial charge in [-0.15, -0.1) is 0 Å². The molecule has 0 aliphatic carbocycles. The Morgan fingerprint density at radius 2 is 1.96 bits per heavy atom. The maximum atomic E-state index is 12.0. The number of carbonyl (C=O) groups is 3. The maximum Gasteiger partial charge on any atom is 0.303 e. The van der Waals surface area contributed by atoms with Crippen LogP contribution >= 0.6 is 11.8 Å². The number of thioether (sulfide) groups is 1. The van der Waals surface area contributed by atoms with E-state index in [-0.39, 0.29) is 18.3 Å². The SMILES string of the molecule is CC(=O)OC[C@H](CSC[C@H](N)C(=O)NCCc1cccc(O)c1)OC(C)=O. The lowest BCUT2D eigenvalue weighted by atomic mass is 10.1. The molecule has 0 fully saturated rings. The monoisotopic (exact) mass is 398 g/mol. The molecule has 1 rings (SSSR count). The first-order valence-electron chi connectivity index (χ1n) is 8.47. The summed E-state index contributed by atoms with van der Waals surface area (Å²) >= 11 is 1.34. The smallest absolute Gasteiger partial charge is 0.303 e. The predicted octanol–water partition coefficient (Wildman–Crippen LogP) is 0.606. The number of nitrogens with two attached hydrogens (primary N) is 1. The highest BCUT2D eigenvalue weighted by molar-refractivity contribution is 7.99. The molecule has 0 aromatic heterocycles. The van der Waals surface area contributed by atoms with Gasteiger partial charge in [-0.1, -0.05) is 12.1 Å². The Hall–Kier alpha value is -2.26. The van der Waals surface area contributed by atoms with E-state index in [1.807, 2.05) is 6.07 Å². The summed E-state index contributed by atoms with van der Waals surface area (Å²) in [5, 5.41) is 12.2. The normalized spacial score (nSPS) is 12.7. The number of hydrogen-bond acceptors (Lipinski definition) is 8. The number of aromatic hydroxyl groups is 1. The zero-order chi connectivity index (χ0) is 20.2. The van der Waals surface area contributed by atoms with Gasteiger partial charge in [0.05, 0.1) is 6.04 Å². The lowest BCUT2D eigenvalue weighted by Gasteiger charge is -2.17. The lowest BCUT2D eigenvalue weighted by Crippen LogP contribution is -2.43. The van der Waals surface area contributed by atoms with Crippen molar-refractivity contribution in [1.29, 1.82) is 0 Å². The van der Waals surface area contributed by atoms with Crippen LogP contribution in [0.1, 0.15) is 19.4 Å². The van der Waals surface area contributed by atoms with E-state index in [0.717, 1.165) is 5.56 Å². The second-order valence-electron chi connectivity index (χ2n) is 5.89. The van der Waals surface area contributed by atoms with Gasteiger partial charge in [-0.05, 0) is 24.1 Å². The van der Waals surface area contributed by atoms with E-state index in [1.54, 1.807) is 18.2 Å². The summed E-state index contributed by atoms with van der Waals surface area (Å²) in [5.74, 6) is -0.344. The van der Waals surface area contributed by atoms with Gasteiger partial charge < -0.3 is 25.6 Å². The van der Waals surface area contributed by atoms with Crippen LogP contribution in [-0.2, 0) is 30.3 Å². The first-order chi connectivity index (χ1) is 12.8. The lowest BCUT2D eigenvalue weighted by molar-refractivity contribution is -0.154. The van der Waals surface area contributed by atoms with Gasteiger partial charge in [-0.3, -0.25) is 14.4 Å². The number of nitrogens with one attached hydrogen (secondary N) is 1. The number of phenols is 1. The first kappa shape index (κ1) is 22.8. The zero-order valence-electron chi connectivity index (χ0n) is 15.5. The number of amides is 1. The van der Waals surface area contributed by atoms with E-state index < -0.39 is 24.1 Å². The molecule has 0 aliphatic heterocycles. The number of benzene rings is 1. The van der Waals surface area contributed by atoms with Crippen LogP contribution < -0.4 is 11.1 Å². The Morgan fingerprint density at radius 1 is 1.22 bits per heavy atom. The maximum absolute atomic E-state index is 12.0. The Labute approximate surface area is 162 Å². The van der Waals surface area contributed by atoms with Gasteiger partial charge in [0.2, 0.25) is 5.91 Å². The molecule has 4 N–H and O–H groups in total. The van der Waals surface area contributed by atoms with Crippen molar-refractivity contribution >= 4 is 29.6 Å². The Balaban J connectivity index is 2.30. The van der Waals surface area contributed by atoms with Crippen LogP contribution in [0.3, 0.4) is 0 Å². The number of carbonyl (C=O) groups excluding carboxylic acids is 3. The first-order valence-corrected chi connectivity index (χ1v) is 9.63. The standard InChI is InChI=1S/C18H26N2O6S/c1-12(21)25-9-16(26-13(2)22)10-27-11-17(19)18(24)20-7-6-14-4-3-5-15(23)8-14/h3-5,8,16-17,23H,6-7,9-11,19H2,1-2H3,(H,20,24)/t16-,17+/m1/s1. The van der Waals surface area contributed by atoms with Crippen LogP contribution in [0.25, 0.3) is 0 Å². The van der Waals surface area contributed by atoms with Gasteiger partial charge in [0, 0.05) is 31.9 Å². The number of ether oxygens (including phenoxy) is 2. The molecule has 0 bridgehead atoms. The summed E-state index contributed by atoms with van der Waals surface area (Å²) in [6.45, 7) is 2.92. The molecule has 0 heterocycles. The minimum atomic E-state index is -0.717. The molecule has 8 nitrogen and oxygen atoms in total. The average Bonchev–Trinajstić information content (AvgIpc) is 2.58. The third kappa shape index (κ3) is 10.5. The van der Waals surface area contributed by atoms with Gasteiger partial charge in [0.15, 0.2) is 0 Å². The van der Waals surface area contributed by atoms with E-state index in [1.165, 1.54) is 25.6 Å². The second kappa shape index (κ2) is 12.2. The summed E-state index contributed by atoms with van der Waals surface area (Å²) < 4.78 is 9.92. The molecule has 1 amide bonds. The highest BCUT2D eigenvalue weighted by Crippen LogP contribution is 2.11. The zero-order valence-corrected chi connectivity index (χ0v) is 16.3. The molecule has 27 heavy (non-hydrogen) atoms. The molecule has 150 valence electrons. The number of rotatable bonds is 11. The topological polar surface area (TPSA) is 128 Å². The van der Waals surface area contributed by atoms with Crippen LogP contribution in [0.5, 0.6) is 5.75 Å². The van der Waals surface area contributed by atoms with Crippen LogP contribution in [0.15, 0.2) is 24.3 Å². The molecule has 0 saturated heterocycles. The van der Waals surface area contributed by atoms with Gasteiger partial charge in [0.25, 0.3) is 0 Å². The molecule has 1 aromatic carbocycles. The van der Waals surface area contributed by atoms with E-state index in [4.69, 9.17) is 15.2 Å². The van der Waals surface area contributed by atoms with Crippen molar-refractivity contribution in [3.8, 4) is 5.75 Å². The van der Waals surface area contributed by atoms with Crippen LogP contribution in [-0.4, -0.2) is 59.8 Å². The molecule has 0 unspecified atom stereocenters. The van der Waals surface area contributed by atoms with Gasteiger partial charge in [-0.2, -0.15) is 11.8 Å². The minimum Gasteiger partial charge on any atom is -0.508 e. The molecule has 1 aromatic rings. The third-order valence-corrected chi connectivity index (χ3v) is 4.57. The quantitative estimate of drug-likeness (QED) is 0.463.